The first kappa shape index (κ1) is 19.6. The SMILES string of the molecule is CCCOCCOCCOC(O)CCCC[C@H]1CCSS1. The largest absolute Gasteiger partial charge is 0.379 e. The van der Waals surface area contributed by atoms with Gasteiger partial charge in [0.25, 0.3) is 0 Å². The maximum atomic E-state index is 9.70. The first-order valence-electron chi connectivity index (χ1n) is 8.06. The second-order valence-corrected chi connectivity index (χ2v) is 7.95. The molecule has 21 heavy (non-hydrogen) atoms. The van der Waals surface area contributed by atoms with Crippen LogP contribution in [0.3, 0.4) is 0 Å². The van der Waals surface area contributed by atoms with Crippen LogP contribution in [0.2, 0.25) is 0 Å². The molecule has 2 atom stereocenters. The van der Waals surface area contributed by atoms with Gasteiger partial charge in [0.1, 0.15) is 0 Å². The van der Waals surface area contributed by atoms with Crippen molar-refractivity contribution in [3.8, 4) is 0 Å². The Labute approximate surface area is 137 Å². The average Bonchev–Trinajstić information content (AvgIpc) is 3.00. The predicted octanol–water partition coefficient (Wildman–Crippen LogP) is 3.48. The van der Waals surface area contributed by atoms with Crippen molar-refractivity contribution in [1.29, 1.82) is 0 Å². The molecular formula is C15H30O4S2. The molecule has 1 saturated heterocycles. The van der Waals surface area contributed by atoms with Gasteiger partial charge in [0.15, 0.2) is 6.29 Å². The van der Waals surface area contributed by atoms with Gasteiger partial charge in [-0.3, -0.25) is 0 Å². The molecule has 1 rings (SSSR count). The van der Waals surface area contributed by atoms with Crippen molar-refractivity contribution in [2.24, 2.45) is 0 Å². The van der Waals surface area contributed by atoms with Gasteiger partial charge in [-0.15, -0.1) is 0 Å². The van der Waals surface area contributed by atoms with Gasteiger partial charge in [0.05, 0.1) is 26.4 Å². The Morgan fingerprint density at radius 3 is 2.57 bits per heavy atom. The number of aliphatic hydroxyl groups excluding tert-OH is 1. The van der Waals surface area contributed by atoms with Crippen molar-refractivity contribution >= 4 is 21.6 Å². The molecule has 6 heteroatoms. The van der Waals surface area contributed by atoms with Crippen LogP contribution < -0.4 is 0 Å². The Balaban J connectivity index is 1.77. The molecule has 0 amide bonds. The highest BCUT2D eigenvalue weighted by Crippen LogP contribution is 2.39. The Morgan fingerprint density at radius 2 is 1.86 bits per heavy atom. The van der Waals surface area contributed by atoms with Crippen LogP contribution in [-0.4, -0.2) is 55.4 Å². The van der Waals surface area contributed by atoms with Crippen LogP contribution in [0.5, 0.6) is 0 Å². The third kappa shape index (κ3) is 11.7. The van der Waals surface area contributed by atoms with Gasteiger partial charge in [0.2, 0.25) is 0 Å². The molecule has 0 aromatic carbocycles. The maximum absolute atomic E-state index is 9.70. The molecule has 1 unspecified atom stereocenters. The molecule has 1 N–H and O–H groups in total. The summed E-state index contributed by atoms with van der Waals surface area (Å²) in [4.78, 5) is 0. The van der Waals surface area contributed by atoms with Crippen molar-refractivity contribution in [2.45, 2.75) is 57.0 Å². The normalized spacial score (nSPS) is 20.0. The van der Waals surface area contributed by atoms with Crippen LogP contribution in [0.15, 0.2) is 0 Å². The number of rotatable bonds is 14. The van der Waals surface area contributed by atoms with Crippen LogP contribution >= 0.6 is 21.6 Å². The summed E-state index contributed by atoms with van der Waals surface area (Å²) in [5, 5.41) is 10.5. The van der Waals surface area contributed by atoms with Crippen molar-refractivity contribution in [3.63, 3.8) is 0 Å². The lowest BCUT2D eigenvalue weighted by molar-refractivity contribution is -0.118. The highest BCUT2D eigenvalue weighted by atomic mass is 33.1. The van der Waals surface area contributed by atoms with E-state index in [0.29, 0.717) is 26.4 Å². The fourth-order valence-corrected chi connectivity index (χ4v) is 5.08. The van der Waals surface area contributed by atoms with Crippen molar-refractivity contribution < 1.29 is 19.3 Å². The molecule has 126 valence electrons. The summed E-state index contributed by atoms with van der Waals surface area (Å²) < 4.78 is 16.0. The molecule has 1 fully saturated rings. The Hall–Kier alpha value is 0.540. The van der Waals surface area contributed by atoms with Crippen LogP contribution in [-0.2, 0) is 14.2 Å². The predicted molar refractivity (Wildman–Crippen MR) is 90.8 cm³/mol. The summed E-state index contributed by atoms with van der Waals surface area (Å²) in [6.07, 6.45) is 5.95. The molecule has 0 bridgehead atoms. The van der Waals surface area contributed by atoms with Gasteiger partial charge >= 0.3 is 0 Å². The molecule has 4 nitrogen and oxygen atoms in total. The van der Waals surface area contributed by atoms with E-state index in [-0.39, 0.29) is 0 Å². The van der Waals surface area contributed by atoms with Gasteiger partial charge in [0, 0.05) is 17.6 Å². The lowest BCUT2D eigenvalue weighted by Crippen LogP contribution is -2.16. The minimum Gasteiger partial charge on any atom is -0.379 e. The first-order valence-corrected chi connectivity index (χ1v) is 10.4. The highest BCUT2D eigenvalue weighted by Gasteiger charge is 2.15. The van der Waals surface area contributed by atoms with Gasteiger partial charge in [-0.2, -0.15) is 0 Å². The van der Waals surface area contributed by atoms with E-state index in [1.807, 2.05) is 21.6 Å². The number of aliphatic hydroxyl groups is 1. The summed E-state index contributed by atoms with van der Waals surface area (Å²) in [5.74, 6) is 1.30. The van der Waals surface area contributed by atoms with Crippen molar-refractivity contribution in [1.82, 2.24) is 0 Å². The molecule has 0 aromatic rings. The highest BCUT2D eigenvalue weighted by molar-refractivity contribution is 8.77. The van der Waals surface area contributed by atoms with Crippen molar-refractivity contribution in [3.05, 3.63) is 0 Å². The van der Waals surface area contributed by atoms with Crippen LogP contribution in [0, 0.1) is 0 Å². The van der Waals surface area contributed by atoms with Gasteiger partial charge in [-0.1, -0.05) is 34.9 Å². The molecular weight excluding hydrogens is 308 g/mol. The summed E-state index contributed by atoms with van der Waals surface area (Å²) >= 11 is 0. The summed E-state index contributed by atoms with van der Waals surface area (Å²) in [5.41, 5.74) is 0. The zero-order chi connectivity index (χ0) is 15.2. The Morgan fingerprint density at radius 1 is 1.10 bits per heavy atom. The topological polar surface area (TPSA) is 47.9 Å². The zero-order valence-electron chi connectivity index (χ0n) is 13.1. The van der Waals surface area contributed by atoms with Crippen molar-refractivity contribution in [2.75, 3.05) is 38.8 Å². The molecule has 1 aliphatic heterocycles. The van der Waals surface area contributed by atoms with E-state index in [9.17, 15) is 5.11 Å². The maximum Gasteiger partial charge on any atom is 0.154 e. The lowest BCUT2D eigenvalue weighted by Gasteiger charge is -2.13. The quantitative estimate of drug-likeness (QED) is 0.297. The van der Waals surface area contributed by atoms with E-state index in [4.69, 9.17) is 14.2 Å². The van der Waals surface area contributed by atoms with E-state index < -0.39 is 6.29 Å². The number of hydrogen-bond donors (Lipinski definition) is 1. The van der Waals surface area contributed by atoms with E-state index >= 15 is 0 Å². The number of unbranched alkanes of at least 4 members (excludes halogenated alkanes) is 1. The van der Waals surface area contributed by atoms with Gasteiger partial charge in [-0.05, 0) is 32.1 Å². The van der Waals surface area contributed by atoms with Crippen LogP contribution in [0.4, 0.5) is 0 Å². The monoisotopic (exact) mass is 338 g/mol. The smallest absolute Gasteiger partial charge is 0.154 e. The average molecular weight is 339 g/mol. The first-order chi connectivity index (χ1) is 10.3. The number of ether oxygens (including phenoxy) is 3. The third-order valence-corrected chi connectivity index (χ3v) is 6.22. The molecule has 1 aliphatic rings. The van der Waals surface area contributed by atoms with E-state index in [2.05, 4.69) is 6.92 Å². The van der Waals surface area contributed by atoms with Gasteiger partial charge < -0.3 is 19.3 Å². The summed E-state index contributed by atoms with van der Waals surface area (Å²) in [7, 11) is 4.01. The lowest BCUT2D eigenvalue weighted by atomic mass is 10.1. The Bertz CT molecular complexity index is 226. The summed E-state index contributed by atoms with van der Waals surface area (Å²) in [6.45, 7) is 5.06. The second kappa shape index (κ2) is 14.2. The summed E-state index contributed by atoms with van der Waals surface area (Å²) in [6, 6.07) is 0. The third-order valence-electron chi connectivity index (χ3n) is 3.21. The number of hydrogen-bond acceptors (Lipinski definition) is 6. The molecule has 1 heterocycles. The second-order valence-electron chi connectivity index (χ2n) is 5.16. The minimum absolute atomic E-state index is 0.448. The zero-order valence-corrected chi connectivity index (χ0v) is 14.8. The van der Waals surface area contributed by atoms with Crippen LogP contribution in [0.25, 0.3) is 0 Å². The van der Waals surface area contributed by atoms with E-state index in [1.165, 1.54) is 25.0 Å². The minimum atomic E-state index is -0.643. The van der Waals surface area contributed by atoms with Gasteiger partial charge in [-0.25, -0.2) is 0 Å². The Kier molecular flexibility index (Phi) is 13.2. The fourth-order valence-electron chi connectivity index (χ4n) is 2.05. The van der Waals surface area contributed by atoms with E-state index in [1.54, 1.807) is 0 Å². The fraction of sp³-hybridized carbons (Fsp3) is 1.00. The molecule has 0 saturated carbocycles. The standard InChI is InChI=1S/C15H30O4S2/c1-2-8-17-9-10-18-11-12-19-15(16)6-4-3-5-14-7-13-20-21-14/h14-16H,2-13H2,1H3/t14-,15?/m0/s1. The van der Waals surface area contributed by atoms with E-state index in [0.717, 1.165) is 31.1 Å². The molecule has 0 aliphatic carbocycles. The molecule has 0 aromatic heterocycles. The van der Waals surface area contributed by atoms with Crippen LogP contribution in [0.1, 0.15) is 45.4 Å². The molecule has 0 spiro atoms. The molecule has 0 radical (unpaired) electrons.